The Morgan fingerprint density at radius 1 is 1.32 bits per heavy atom. The number of ether oxygens (including phenoxy) is 1. The molecule has 0 atom stereocenters. The minimum atomic E-state index is -0.922. The van der Waals surface area contributed by atoms with Crippen LogP contribution in [0.5, 0.6) is 5.75 Å². The number of nitrogen functional groups attached to an aromatic ring is 1. The number of rotatable bonds is 3. The minimum Gasteiger partial charge on any atom is -0.481 e. The van der Waals surface area contributed by atoms with Crippen LogP contribution in [0.4, 0.5) is 10.5 Å². The number of carbonyl (C=O) groups excluding carboxylic acids is 2. The van der Waals surface area contributed by atoms with Gasteiger partial charge in [0.25, 0.3) is 5.91 Å². The Hall–Kier alpha value is -2.83. The summed E-state index contributed by atoms with van der Waals surface area (Å²) in [5.74, 6) is -0.224. The summed E-state index contributed by atoms with van der Waals surface area (Å²) < 4.78 is 5.30. The Bertz CT molecular complexity index is 642. The molecule has 3 amide bonds. The van der Waals surface area contributed by atoms with E-state index in [0.29, 0.717) is 17.0 Å². The molecule has 0 bridgehead atoms. The summed E-state index contributed by atoms with van der Waals surface area (Å²) in [4.78, 5) is 25.9. The summed E-state index contributed by atoms with van der Waals surface area (Å²) in [6, 6.07) is 5.90. The third kappa shape index (κ3) is 2.89. The van der Waals surface area contributed by atoms with E-state index < -0.39 is 11.9 Å². The highest BCUT2D eigenvalue weighted by molar-refractivity contribution is 5.96. The van der Waals surface area contributed by atoms with Gasteiger partial charge in [-0.1, -0.05) is 0 Å². The number of nitrogens with zero attached hydrogens (tertiary/aromatic N) is 1. The predicted molar refractivity (Wildman–Crippen MR) is 69.4 cm³/mol. The summed E-state index contributed by atoms with van der Waals surface area (Å²) >= 11 is 0. The fourth-order valence-corrected chi connectivity index (χ4v) is 1.60. The lowest BCUT2D eigenvalue weighted by Crippen LogP contribution is -2.38. The Balaban J connectivity index is 2.20. The van der Waals surface area contributed by atoms with Crippen LogP contribution in [-0.2, 0) is 4.79 Å². The summed E-state index contributed by atoms with van der Waals surface area (Å²) in [6.07, 6.45) is 1.60. The van der Waals surface area contributed by atoms with E-state index in [1.807, 2.05) is 5.32 Å². The molecular weight excluding hydrogens is 248 g/mol. The van der Waals surface area contributed by atoms with E-state index in [4.69, 9.17) is 16.2 Å². The van der Waals surface area contributed by atoms with Crippen LogP contribution in [0.1, 0.15) is 0 Å². The molecule has 7 heteroatoms. The minimum absolute atomic E-state index is 0.335. The van der Waals surface area contributed by atoms with Gasteiger partial charge in [0.2, 0.25) is 0 Å². The van der Waals surface area contributed by atoms with Crippen LogP contribution in [-0.4, -0.2) is 23.5 Å². The summed E-state index contributed by atoms with van der Waals surface area (Å²) in [5.41, 5.74) is 11.7. The Morgan fingerprint density at radius 2 is 2.11 bits per heavy atom. The van der Waals surface area contributed by atoms with Crippen molar-refractivity contribution in [2.24, 2.45) is 5.73 Å². The number of fused-ring (bicyclic) bond motifs is 1. The number of nitrogens with one attached hydrogen (secondary N) is 1. The summed E-state index contributed by atoms with van der Waals surface area (Å²) in [6.45, 7) is -0.335. The quantitative estimate of drug-likeness (QED) is 0.689. The zero-order chi connectivity index (χ0) is 13.8. The highest BCUT2D eigenvalue weighted by Gasteiger charge is 2.09. The number of anilines is 1. The van der Waals surface area contributed by atoms with Crippen molar-refractivity contribution < 1.29 is 14.3 Å². The van der Waals surface area contributed by atoms with Crippen LogP contribution in [0.15, 0.2) is 30.5 Å². The fourth-order valence-electron chi connectivity index (χ4n) is 1.60. The SMILES string of the molecule is NC(=O)NC(=O)COc1ccc(N)c2cccnc12. The van der Waals surface area contributed by atoms with Crippen molar-refractivity contribution in [3.63, 3.8) is 0 Å². The molecule has 1 aromatic carbocycles. The first kappa shape index (κ1) is 12.6. The number of aromatic nitrogens is 1. The van der Waals surface area contributed by atoms with Gasteiger partial charge in [-0.25, -0.2) is 4.79 Å². The molecule has 0 aliphatic carbocycles. The van der Waals surface area contributed by atoms with Crippen LogP contribution in [0, 0.1) is 0 Å². The first-order valence-electron chi connectivity index (χ1n) is 5.43. The van der Waals surface area contributed by atoms with Crippen molar-refractivity contribution >= 4 is 28.5 Å². The lowest BCUT2D eigenvalue weighted by atomic mass is 10.2. The lowest BCUT2D eigenvalue weighted by Gasteiger charge is -2.09. The number of carbonyl (C=O) groups is 2. The maximum atomic E-state index is 11.2. The summed E-state index contributed by atoms with van der Waals surface area (Å²) in [5, 5.41) is 2.63. The smallest absolute Gasteiger partial charge is 0.318 e. The number of imide groups is 1. The standard InChI is InChI=1S/C12H12N4O3/c13-8-3-4-9(11-7(8)2-1-5-15-11)19-6-10(17)16-12(14)18/h1-5H,6,13H2,(H3,14,16,17,18). The molecule has 0 aliphatic rings. The summed E-state index contributed by atoms with van der Waals surface area (Å²) in [7, 11) is 0. The molecule has 2 rings (SSSR count). The number of benzene rings is 1. The molecule has 7 nitrogen and oxygen atoms in total. The highest BCUT2D eigenvalue weighted by atomic mass is 16.5. The van der Waals surface area contributed by atoms with Crippen molar-refractivity contribution in [3.8, 4) is 5.75 Å². The van der Waals surface area contributed by atoms with Crippen molar-refractivity contribution in [1.29, 1.82) is 0 Å². The Kier molecular flexibility index (Phi) is 3.46. The molecule has 0 saturated heterocycles. The van der Waals surface area contributed by atoms with E-state index in [1.165, 1.54) is 0 Å². The van der Waals surface area contributed by atoms with Crippen LogP contribution >= 0.6 is 0 Å². The predicted octanol–water partition coefficient (Wildman–Crippen LogP) is 0.391. The average Bonchev–Trinajstić information content (AvgIpc) is 2.37. The number of urea groups is 1. The second-order valence-corrected chi connectivity index (χ2v) is 3.75. The van der Waals surface area contributed by atoms with Crippen LogP contribution in [0.3, 0.4) is 0 Å². The second-order valence-electron chi connectivity index (χ2n) is 3.75. The number of hydrogen-bond donors (Lipinski definition) is 3. The van der Waals surface area contributed by atoms with E-state index in [2.05, 4.69) is 4.98 Å². The van der Waals surface area contributed by atoms with Gasteiger partial charge < -0.3 is 16.2 Å². The molecule has 0 spiro atoms. The fraction of sp³-hybridized carbons (Fsp3) is 0.0833. The van der Waals surface area contributed by atoms with Gasteiger partial charge in [-0.05, 0) is 24.3 Å². The van der Waals surface area contributed by atoms with Gasteiger partial charge in [0.1, 0.15) is 11.3 Å². The number of amides is 3. The maximum Gasteiger partial charge on any atom is 0.318 e. The monoisotopic (exact) mass is 260 g/mol. The van der Waals surface area contributed by atoms with E-state index in [-0.39, 0.29) is 6.61 Å². The molecule has 98 valence electrons. The number of hydrogen-bond acceptors (Lipinski definition) is 5. The van der Waals surface area contributed by atoms with Crippen molar-refractivity contribution in [1.82, 2.24) is 10.3 Å². The number of nitrogens with two attached hydrogens (primary N) is 2. The van der Waals surface area contributed by atoms with Crippen LogP contribution in [0.2, 0.25) is 0 Å². The first-order chi connectivity index (χ1) is 9.08. The van der Waals surface area contributed by atoms with Crippen molar-refractivity contribution in [2.45, 2.75) is 0 Å². The Labute approximate surface area is 108 Å². The van der Waals surface area contributed by atoms with E-state index in [1.54, 1.807) is 30.5 Å². The van der Waals surface area contributed by atoms with Crippen molar-refractivity contribution in [3.05, 3.63) is 30.5 Å². The topological polar surface area (TPSA) is 120 Å². The van der Waals surface area contributed by atoms with Gasteiger partial charge in [0, 0.05) is 17.3 Å². The van der Waals surface area contributed by atoms with Gasteiger partial charge in [-0.2, -0.15) is 0 Å². The zero-order valence-electron chi connectivity index (χ0n) is 9.92. The zero-order valence-corrected chi connectivity index (χ0v) is 9.92. The van der Waals surface area contributed by atoms with E-state index in [9.17, 15) is 9.59 Å². The number of pyridine rings is 1. The largest absolute Gasteiger partial charge is 0.481 e. The molecule has 0 saturated carbocycles. The third-order valence-corrected chi connectivity index (χ3v) is 2.39. The molecule has 1 heterocycles. The molecule has 2 aromatic rings. The van der Waals surface area contributed by atoms with Crippen molar-refractivity contribution in [2.75, 3.05) is 12.3 Å². The van der Waals surface area contributed by atoms with Crippen LogP contribution in [0.25, 0.3) is 10.9 Å². The molecule has 5 N–H and O–H groups in total. The molecule has 19 heavy (non-hydrogen) atoms. The van der Waals surface area contributed by atoms with Gasteiger partial charge >= 0.3 is 6.03 Å². The maximum absolute atomic E-state index is 11.2. The molecule has 0 aliphatic heterocycles. The normalized spacial score (nSPS) is 10.1. The molecular formula is C12H12N4O3. The molecule has 0 radical (unpaired) electrons. The second kappa shape index (κ2) is 5.21. The third-order valence-electron chi connectivity index (χ3n) is 2.39. The van der Waals surface area contributed by atoms with E-state index in [0.717, 1.165) is 5.39 Å². The van der Waals surface area contributed by atoms with E-state index >= 15 is 0 Å². The molecule has 0 unspecified atom stereocenters. The lowest BCUT2D eigenvalue weighted by molar-refractivity contribution is -0.121. The molecule has 0 fully saturated rings. The van der Waals surface area contributed by atoms with Gasteiger partial charge in [0.05, 0.1) is 0 Å². The first-order valence-corrected chi connectivity index (χ1v) is 5.43. The average molecular weight is 260 g/mol. The highest BCUT2D eigenvalue weighted by Crippen LogP contribution is 2.27. The van der Waals surface area contributed by atoms with Gasteiger partial charge in [-0.3, -0.25) is 15.1 Å². The van der Waals surface area contributed by atoms with Gasteiger partial charge in [-0.15, -0.1) is 0 Å². The van der Waals surface area contributed by atoms with Gasteiger partial charge in [0.15, 0.2) is 6.61 Å². The number of primary amides is 1. The van der Waals surface area contributed by atoms with Crippen LogP contribution < -0.4 is 21.5 Å². The molecule has 1 aromatic heterocycles. The Morgan fingerprint density at radius 3 is 2.84 bits per heavy atom.